The predicted molar refractivity (Wildman–Crippen MR) is 72.1 cm³/mol. The summed E-state index contributed by atoms with van der Waals surface area (Å²) < 4.78 is 5.56. The van der Waals surface area contributed by atoms with E-state index in [9.17, 15) is 14.9 Å². The van der Waals surface area contributed by atoms with Crippen LogP contribution in [0.4, 0.5) is 5.69 Å². The highest BCUT2D eigenvalue weighted by molar-refractivity contribution is 5.92. The van der Waals surface area contributed by atoms with E-state index in [1.54, 1.807) is 31.2 Å². The summed E-state index contributed by atoms with van der Waals surface area (Å²) in [5.74, 6) is 0.665. The van der Waals surface area contributed by atoms with Crippen LogP contribution in [0.15, 0.2) is 36.5 Å². The van der Waals surface area contributed by atoms with E-state index < -0.39 is 4.92 Å². The van der Waals surface area contributed by atoms with Gasteiger partial charge in [-0.3, -0.25) is 14.9 Å². The number of nitrogens with zero attached hydrogens (tertiary/aromatic N) is 2. The molecule has 20 heavy (non-hydrogen) atoms. The molecule has 0 fully saturated rings. The summed E-state index contributed by atoms with van der Waals surface area (Å²) in [5, 5.41) is 10.8. The van der Waals surface area contributed by atoms with Gasteiger partial charge in [0.25, 0.3) is 5.69 Å². The first-order valence-electron chi connectivity index (χ1n) is 5.88. The van der Waals surface area contributed by atoms with Crippen LogP contribution in [0, 0.1) is 17.0 Å². The Hall–Kier alpha value is -2.76. The van der Waals surface area contributed by atoms with E-state index in [0.29, 0.717) is 22.8 Å². The Morgan fingerprint density at radius 3 is 2.60 bits per heavy atom. The van der Waals surface area contributed by atoms with Crippen LogP contribution < -0.4 is 4.74 Å². The lowest BCUT2D eigenvalue weighted by molar-refractivity contribution is -0.385. The van der Waals surface area contributed by atoms with Gasteiger partial charge in [-0.2, -0.15) is 0 Å². The maximum Gasteiger partial charge on any atom is 0.276 e. The van der Waals surface area contributed by atoms with Crippen molar-refractivity contribution in [1.82, 2.24) is 4.98 Å². The second-order valence-electron chi connectivity index (χ2n) is 4.19. The minimum absolute atomic E-state index is 0.00387. The second-order valence-corrected chi connectivity index (χ2v) is 4.19. The maximum atomic E-state index is 11.1. The molecule has 1 aromatic carbocycles. The van der Waals surface area contributed by atoms with Gasteiger partial charge in [-0.1, -0.05) is 6.07 Å². The summed E-state index contributed by atoms with van der Waals surface area (Å²) in [5.41, 5.74) is 0.775. The first kappa shape index (κ1) is 13.7. The number of carbonyl (C=O) groups is 1. The molecule has 2 rings (SSSR count). The molecule has 0 spiro atoms. The Kier molecular flexibility index (Phi) is 3.74. The molecule has 2 aromatic rings. The monoisotopic (exact) mass is 272 g/mol. The van der Waals surface area contributed by atoms with E-state index in [-0.39, 0.29) is 11.5 Å². The van der Waals surface area contributed by atoms with Crippen molar-refractivity contribution in [2.75, 3.05) is 0 Å². The molecule has 0 N–H and O–H groups in total. The number of ether oxygens (including phenoxy) is 1. The molecule has 0 radical (unpaired) electrons. The highest BCUT2D eigenvalue weighted by atomic mass is 16.6. The lowest BCUT2D eigenvalue weighted by Gasteiger charge is -2.08. The van der Waals surface area contributed by atoms with Gasteiger partial charge in [0.05, 0.1) is 16.7 Å². The minimum Gasteiger partial charge on any atom is -0.455 e. The Morgan fingerprint density at radius 2 is 2.05 bits per heavy atom. The first-order valence-corrected chi connectivity index (χ1v) is 5.88. The lowest BCUT2D eigenvalue weighted by Crippen LogP contribution is -1.97. The number of nitro benzene ring substituents is 1. The average molecular weight is 272 g/mol. The molecule has 6 heteroatoms. The summed E-state index contributed by atoms with van der Waals surface area (Å²) in [7, 11) is 0. The van der Waals surface area contributed by atoms with Crippen molar-refractivity contribution in [2.24, 2.45) is 0 Å². The van der Waals surface area contributed by atoms with Gasteiger partial charge in [0.1, 0.15) is 17.2 Å². The molecule has 0 saturated heterocycles. The average Bonchev–Trinajstić information content (AvgIpc) is 2.41. The molecule has 0 aliphatic carbocycles. The predicted octanol–water partition coefficient (Wildman–Crippen LogP) is 3.29. The van der Waals surface area contributed by atoms with Crippen molar-refractivity contribution in [3.8, 4) is 11.5 Å². The number of hydrogen-bond donors (Lipinski definition) is 0. The molecule has 0 aliphatic heterocycles. The molecule has 0 unspecified atom stereocenters. The Bertz CT molecular complexity index is 665. The lowest BCUT2D eigenvalue weighted by atomic mass is 10.2. The van der Waals surface area contributed by atoms with E-state index in [2.05, 4.69) is 4.98 Å². The molecule has 1 heterocycles. The van der Waals surface area contributed by atoms with Crippen molar-refractivity contribution in [2.45, 2.75) is 13.8 Å². The zero-order valence-corrected chi connectivity index (χ0v) is 11.0. The molecule has 0 atom stereocenters. The highest BCUT2D eigenvalue weighted by Gasteiger charge is 2.14. The molecule has 1 aromatic heterocycles. The number of nitro groups is 1. The number of carbonyl (C=O) groups excluding carboxylic acids is 1. The summed E-state index contributed by atoms with van der Waals surface area (Å²) in [6.45, 7) is 3.04. The molecule has 0 aliphatic rings. The largest absolute Gasteiger partial charge is 0.455 e. The third-order valence-electron chi connectivity index (χ3n) is 2.78. The summed E-state index contributed by atoms with van der Waals surface area (Å²) in [6, 6.07) is 7.75. The van der Waals surface area contributed by atoms with Gasteiger partial charge in [-0.15, -0.1) is 0 Å². The van der Waals surface area contributed by atoms with Crippen molar-refractivity contribution in [1.29, 1.82) is 0 Å². The molecule has 0 saturated carbocycles. The fourth-order valence-electron chi connectivity index (χ4n) is 1.69. The molecule has 0 amide bonds. The molecular weight excluding hydrogens is 260 g/mol. The normalized spacial score (nSPS) is 10.1. The van der Waals surface area contributed by atoms with Gasteiger partial charge in [-0.05, 0) is 25.1 Å². The van der Waals surface area contributed by atoms with Gasteiger partial charge in [0.2, 0.25) is 0 Å². The SMILES string of the molecule is CC(=O)c1ccc(Oc2cccc([N+](=O)[O-])c2C)cn1. The molecule has 0 bridgehead atoms. The number of benzene rings is 1. The van der Waals surface area contributed by atoms with E-state index in [1.807, 2.05) is 0 Å². The second kappa shape index (κ2) is 5.48. The zero-order valence-electron chi connectivity index (χ0n) is 11.0. The summed E-state index contributed by atoms with van der Waals surface area (Å²) in [6.07, 6.45) is 1.41. The third-order valence-corrected chi connectivity index (χ3v) is 2.78. The number of rotatable bonds is 4. The fraction of sp³-hybridized carbons (Fsp3) is 0.143. The van der Waals surface area contributed by atoms with E-state index in [4.69, 9.17) is 4.74 Å². The smallest absolute Gasteiger partial charge is 0.276 e. The molecular formula is C14H12N2O4. The standard InChI is InChI=1S/C14H12N2O4/c1-9-13(16(18)19)4-3-5-14(9)20-11-6-7-12(10(2)17)15-8-11/h3-8H,1-2H3. The Labute approximate surface area is 115 Å². The maximum absolute atomic E-state index is 11.1. The van der Waals surface area contributed by atoms with Crippen LogP contribution in [0.2, 0.25) is 0 Å². The van der Waals surface area contributed by atoms with Gasteiger partial charge in [-0.25, -0.2) is 4.98 Å². The summed E-state index contributed by atoms with van der Waals surface area (Å²) >= 11 is 0. The van der Waals surface area contributed by atoms with E-state index in [0.717, 1.165) is 0 Å². The Morgan fingerprint density at radius 1 is 1.30 bits per heavy atom. The van der Waals surface area contributed by atoms with Gasteiger partial charge in [0, 0.05) is 13.0 Å². The van der Waals surface area contributed by atoms with Crippen LogP contribution in [0.1, 0.15) is 23.0 Å². The van der Waals surface area contributed by atoms with Crippen molar-refractivity contribution < 1.29 is 14.5 Å². The van der Waals surface area contributed by atoms with Gasteiger partial charge in [0.15, 0.2) is 5.78 Å². The quantitative estimate of drug-likeness (QED) is 0.484. The number of Topliss-reactive ketones (excluding diaryl/α,β-unsaturated/α-hetero) is 1. The van der Waals surface area contributed by atoms with Crippen molar-refractivity contribution in [3.05, 3.63) is 57.9 Å². The molecule has 6 nitrogen and oxygen atoms in total. The minimum atomic E-state index is -0.459. The first-order chi connectivity index (χ1) is 9.49. The number of hydrogen-bond acceptors (Lipinski definition) is 5. The van der Waals surface area contributed by atoms with Crippen LogP contribution in [0.5, 0.6) is 11.5 Å². The van der Waals surface area contributed by atoms with Gasteiger partial charge < -0.3 is 4.74 Å². The van der Waals surface area contributed by atoms with E-state index in [1.165, 1.54) is 19.2 Å². The third kappa shape index (κ3) is 2.80. The van der Waals surface area contributed by atoms with Crippen molar-refractivity contribution >= 4 is 11.5 Å². The zero-order chi connectivity index (χ0) is 14.7. The fourth-order valence-corrected chi connectivity index (χ4v) is 1.69. The number of ketones is 1. The van der Waals surface area contributed by atoms with Crippen LogP contribution in [-0.2, 0) is 0 Å². The molecule has 102 valence electrons. The Balaban J connectivity index is 2.28. The van der Waals surface area contributed by atoms with E-state index >= 15 is 0 Å². The van der Waals surface area contributed by atoms with Crippen molar-refractivity contribution in [3.63, 3.8) is 0 Å². The number of pyridine rings is 1. The van der Waals surface area contributed by atoms with Crippen LogP contribution >= 0.6 is 0 Å². The van der Waals surface area contributed by atoms with Crippen LogP contribution in [0.3, 0.4) is 0 Å². The van der Waals surface area contributed by atoms with Crippen LogP contribution in [0.25, 0.3) is 0 Å². The topological polar surface area (TPSA) is 82.3 Å². The summed E-state index contributed by atoms with van der Waals surface area (Å²) in [4.78, 5) is 25.5. The van der Waals surface area contributed by atoms with Gasteiger partial charge >= 0.3 is 0 Å². The number of aromatic nitrogens is 1. The highest BCUT2D eigenvalue weighted by Crippen LogP contribution is 2.30. The van der Waals surface area contributed by atoms with Crippen LogP contribution in [-0.4, -0.2) is 15.7 Å².